The fourth-order valence-electron chi connectivity index (χ4n) is 4.29. The summed E-state index contributed by atoms with van der Waals surface area (Å²) in [7, 11) is 0. The first-order chi connectivity index (χ1) is 13.5. The lowest BCUT2D eigenvalue weighted by Crippen LogP contribution is -2.33. The van der Waals surface area contributed by atoms with Gasteiger partial charge in [-0.1, -0.05) is 18.2 Å². The molecule has 2 aromatic carbocycles. The Morgan fingerprint density at radius 1 is 1.18 bits per heavy atom. The Morgan fingerprint density at radius 3 is 2.71 bits per heavy atom. The number of carbonyl (C=O) groups is 2. The standard InChI is InChI=1S/C23H25N3O2/c1-4-25-14-18(20-7-5-6-8-22(20)25)13-23(28)24-19-9-10-21-17(12-19)11-15(2)26(21)16(3)27/h5-10,12,14-15H,4,11,13H2,1-3H3,(H,24,28)/t15-/m1/s1. The number of nitrogens with one attached hydrogen (secondary N) is 1. The molecule has 0 bridgehead atoms. The minimum absolute atomic E-state index is 0.0339. The Hall–Kier alpha value is -3.08. The lowest BCUT2D eigenvalue weighted by molar-refractivity contribution is -0.117. The second kappa shape index (κ2) is 7.15. The molecule has 1 atom stereocenters. The van der Waals surface area contributed by atoms with Gasteiger partial charge in [-0.3, -0.25) is 9.59 Å². The van der Waals surface area contributed by atoms with E-state index in [9.17, 15) is 9.59 Å². The average molecular weight is 375 g/mol. The van der Waals surface area contributed by atoms with Gasteiger partial charge in [0.15, 0.2) is 0 Å². The predicted octanol–water partition coefficient (Wildman–Crippen LogP) is 4.14. The van der Waals surface area contributed by atoms with E-state index in [0.717, 1.165) is 46.4 Å². The summed E-state index contributed by atoms with van der Waals surface area (Å²) in [6.07, 6.45) is 3.21. The number of aryl methyl sites for hydroxylation is 1. The highest BCUT2D eigenvalue weighted by molar-refractivity contribution is 5.98. The van der Waals surface area contributed by atoms with Crippen LogP contribution in [0.1, 0.15) is 31.9 Å². The summed E-state index contributed by atoms with van der Waals surface area (Å²) in [5.41, 5.74) is 5.02. The molecule has 4 rings (SSSR count). The number of anilines is 2. The van der Waals surface area contributed by atoms with Crippen LogP contribution >= 0.6 is 0 Å². The molecule has 1 aliphatic rings. The first-order valence-corrected chi connectivity index (χ1v) is 9.77. The molecule has 0 spiro atoms. The highest BCUT2D eigenvalue weighted by atomic mass is 16.2. The fraction of sp³-hybridized carbons (Fsp3) is 0.304. The summed E-state index contributed by atoms with van der Waals surface area (Å²) >= 11 is 0. The molecular formula is C23H25N3O2. The van der Waals surface area contributed by atoms with E-state index in [4.69, 9.17) is 0 Å². The zero-order valence-electron chi connectivity index (χ0n) is 16.5. The average Bonchev–Trinajstić information content (AvgIpc) is 3.18. The number of amides is 2. The second-order valence-electron chi connectivity index (χ2n) is 7.47. The zero-order chi connectivity index (χ0) is 19.8. The van der Waals surface area contributed by atoms with E-state index in [1.54, 1.807) is 6.92 Å². The summed E-state index contributed by atoms with van der Waals surface area (Å²) in [5, 5.41) is 4.14. The molecule has 28 heavy (non-hydrogen) atoms. The summed E-state index contributed by atoms with van der Waals surface area (Å²) in [5.74, 6) is 0.0174. The normalized spacial score (nSPS) is 15.7. The maximum atomic E-state index is 12.7. The van der Waals surface area contributed by atoms with Crippen LogP contribution in [0.25, 0.3) is 10.9 Å². The molecular weight excluding hydrogens is 350 g/mol. The molecule has 0 radical (unpaired) electrons. The monoisotopic (exact) mass is 375 g/mol. The van der Waals surface area contributed by atoms with Gasteiger partial charge in [0.05, 0.1) is 6.42 Å². The highest BCUT2D eigenvalue weighted by Gasteiger charge is 2.29. The molecule has 5 heteroatoms. The van der Waals surface area contributed by atoms with Gasteiger partial charge in [-0.2, -0.15) is 0 Å². The Labute approximate surface area is 165 Å². The Kier molecular flexibility index (Phi) is 4.67. The molecule has 1 aromatic heterocycles. The Bertz CT molecular complexity index is 1070. The van der Waals surface area contributed by atoms with Crippen LogP contribution in [0.5, 0.6) is 0 Å². The van der Waals surface area contributed by atoms with Crippen molar-refractivity contribution in [2.45, 2.75) is 46.2 Å². The summed E-state index contributed by atoms with van der Waals surface area (Å²) in [6, 6.07) is 14.1. The van der Waals surface area contributed by atoms with Gasteiger partial charge in [-0.15, -0.1) is 0 Å². The molecule has 0 aliphatic carbocycles. The molecule has 0 saturated carbocycles. The van der Waals surface area contributed by atoms with Gasteiger partial charge in [-0.05, 0) is 55.7 Å². The van der Waals surface area contributed by atoms with Crippen LogP contribution < -0.4 is 10.2 Å². The lowest BCUT2D eigenvalue weighted by atomic mass is 10.1. The van der Waals surface area contributed by atoms with E-state index in [1.165, 1.54) is 0 Å². The number of carbonyl (C=O) groups excluding carboxylic acids is 2. The van der Waals surface area contributed by atoms with Gasteiger partial charge in [0.2, 0.25) is 11.8 Å². The van der Waals surface area contributed by atoms with Gasteiger partial charge in [-0.25, -0.2) is 0 Å². The van der Waals surface area contributed by atoms with Crippen molar-refractivity contribution in [2.75, 3.05) is 10.2 Å². The summed E-state index contributed by atoms with van der Waals surface area (Å²) < 4.78 is 2.17. The number of aromatic nitrogens is 1. The van der Waals surface area contributed by atoms with Crippen LogP contribution in [0.15, 0.2) is 48.7 Å². The van der Waals surface area contributed by atoms with Crippen molar-refractivity contribution in [1.29, 1.82) is 0 Å². The third-order valence-electron chi connectivity index (χ3n) is 5.48. The van der Waals surface area contributed by atoms with E-state index >= 15 is 0 Å². The van der Waals surface area contributed by atoms with Crippen LogP contribution in [0.3, 0.4) is 0 Å². The lowest BCUT2D eigenvalue weighted by Gasteiger charge is -2.20. The molecule has 1 aliphatic heterocycles. The fourth-order valence-corrected chi connectivity index (χ4v) is 4.29. The highest BCUT2D eigenvalue weighted by Crippen LogP contribution is 2.34. The van der Waals surface area contributed by atoms with Crippen LogP contribution in [-0.2, 0) is 29.0 Å². The topological polar surface area (TPSA) is 54.3 Å². The molecule has 5 nitrogen and oxygen atoms in total. The van der Waals surface area contributed by atoms with E-state index < -0.39 is 0 Å². The number of rotatable bonds is 4. The Balaban J connectivity index is 1.53. The summed E-state index contributed by atoms with van der Waals surface area (Å²) in [6.45, 7) is 6.61. The number of hydrogen-bond donors (Lipinski definition) is 1. The van der Waals surface area contributed by atoms with E-state index in [1.807, 2.05) is 42.2 Å². The van der Waals surface area contributed by atoms with Crippen molar-refractivity contribution in [1.82, 2.24) is 4.57 Å². The number of hydrogen-bond acceptors (Lipinski definition) is 2. The van der Waals surface area contributed by atoms with E-state index in [0.29, 0.717) is 6.42 Å². The van der Waals surface area contributed by atoms with E-state index in [-0.39, 0.29) is 17.9 Å². The molecule has 0 unspecified atom stereocenters. The van der Waals surface area contributed by atoms with Crippen molar-refractivity contribution in [3.63, 3.8) is 0 Å². The first kappa shape index (κ1) is 18.3. The second-order valence-corrected chi connectivity index (χ2v) is 7.47. The molecule has 3 aromatic rings. The van der Waals surface area contributed by atoms with Crippen molar-refractivity contribution in [3.8, 4) is 0 Å². The number of fused-ring (bicyclic) bond motifs is 2. The van der Waals surface area contributed by atoms with Crippen molar-refractivity contribution in [3.05, 3.63) is 59.8 Å². The molecule has 0 fully saturated rings. The van der Waals surface area contributed by atoms with E-state index in [2.05, 4.69) is 35.1 Å². The number of nitrogens with zero attached hydrogens (tertiary/aromatic N) is 2. The largest absolute Gasteiger partial charge is 0.347 e. The van der Waals surface area contributed by atoms with Crippen molar-refractivity contribution in [2.24, 2.45) is 0 Å². The van der Waals surface area contributed by atoms with Crippen LogP contribution in [0, 0.1) is 0 Å². The molecule has 2 heterocycles. The smallest absolute Gasteiger partial charge is 0.228 e. The Morgan fingerprint density at radius 2 is 1.96 bits per heavy atom. The third kappa shape index (κ3) is 3.17. The molecule has 2 amide bonds. The predicted molar refractivity (Wildman–Crippen MR) is 113 cm³/mol. The van der Waals surface area contributed by atoms with Crippen molar-refractivity contribution >= 4 is 34.1 Å². The quantitative estimate of drug-likeness (QED) is 0.745. The minimum atomic E-state index is -0.0339. The van der Waals surface area contributed by atoms with Crippen molar-refractivity contribution < 1.29 is 9.59 Å². The molecule has 144 valence electrons. The van der Waals surface area contributed by atoms with Gasteiger partial charge in [0, 0.05) is 48.0 Å². The molecule has 0 saturated heterocycles. The van der Waals surface area contributed by atoms with Gasteiger partial charge >= 0.3 is 0 Å². The minimum Gasteiger partial charge on any atom is -0.347 e. The SMILES string of the molecule is CCn1cc(CC(=O)Nc2ccc3c(c2)C[C@@H](C)N3C(C)=O)c2ccccc21. The van der Waals surface area contributed by atoms with Gasteiger partial charge in [0.25, 0.3) is 0 Å². The van der Waals surface area contributed by atoms with Crippen LogP contribution in [0.4, 0.5) is 11.4 Å². The number of para-hydroxylation sites is 1. The molecule has 1 N–H and O–H groups in total. The first-order valence-electron chi connectivity index (χ1n) is 9.77. The zero-order valence-corrected chi connectivity index (χ0v) is 16.5. The van der Waals surface area contributed by atoms with Crippen LogP contribution in [0.2, 0.25) is 0 Å². The maximum Gasteiger partial charge on any atom is 0.228 e. The van der Waals surface area contributed by atoms with Crippen LogP contribution in [-0.4, -0.2) is 22.4 Å². The maximum absolute atomic E-state index is 12.7. The van der Waals surface area contributed by atoms with Gasteiger partial charge < -0.3 is 14.8 Å². The summed E-state index contributed by atoms with van der Waals surface area (Å²) in [4.78, 5) is 26.4. The van der Waals surface area contributed by atoms with Gasteiger partial charge in [0.1, 0.15) is 0 Å². The number of benzene rings is 2. The third-order valence-corrected chi connectivity index (χ3v) is 5.48.